The molecule has 0 spiro atoms. The van der Waals surface area contributed by atoms with Crippen molar-refractivity contribution in [2.24, 2.45) is 0 Å². The number of hydrogen-bond acceptors (Lipinski definition) is 4. The van der Waals surface area contributed by atoms with Crippen LogP contribution in [-0.2, 0) is 9.53 Å². The number of alkyl halides is 2. The smallest absolute Gasteiger partial charge is 0.358 e. The fraction of sp³-hybridized carbons (Fsp3) is 0.800. The van der Waals surface area contributed by atoms with Gasteiger partial charge in [0.1, 0.15) is 6.10 Å². The molecule has 2 N–H and O–H groups in total. The van der Waals surface area contributed by atoms with Crippen molar-refractivity contribution >= 4 is 21.9 Å². The summed E-state index contributed by atoms with van der Waals surface area (Å²) in [5.74, 6) is -1.20. The minimum Gasteiger partial charge on any atom is -0.454 e. The summed E-state index contributed by atoms with van der Waals surface area (Å²) >= 11 is 2.35. The summed E-state index contributed by atoms with van der Waals surface area (Å²) in [6.07, 6.45) is -2.83. The zero-order valence-electron chi connectivity index (χ0n) is 5.33. The van der Waals surface area contributed by atoms with Crippen LogP contribution in [0.25, 0.3) is 0 Å². The highest BCUT2D eigenvalue weighted by molar-refractivity contribution is 9.10. The normalized spacial score (nSPS) is 44.2. The Morgan fingerprint density at radius 2 is 2.36 bits per heavy atom. The monoisotopic (exact) mass is 228 g/mol. The van der Waals surface area contributed by atoms with E-state index in [1.54, 1.807) is 0 Å². The van der Waals surface area contributed by atoms with E-state index in [4.69, 9.17) is 10.2 Å². The molecule has 0 aromatic heterocycles. The van der Waals surface area contributed by atoms with Crippen molar-refractivity contribution in [3.05, 3.63) is 0 Å². The zero-order chi connectivity index (χ0) is 8.65. The van der Waals surface area contributed by atoms with Gasteiger partial charge in [0.15, 0.2) is 6.10 Å². The molecule has 3 atom stereocenters. The average molecular weight is 229 g/mol. The number of cyclic esters (lactones) is 1. The lowest BCUT2D eigenvalue weighted by Crippen LogP contribution is -2.37. The van der Waals surface area contributed by atoms with Crippen LogP contribution in [0.1, 0.15) is 0 Å². The van der Waals surface area contributed by atoms with E-state index in [-0.39, 0.29) is 0 Å². The number of aliphatic hydroxyl groups excluding tert-OH is 2. The lowest BCUT2D eigenvalue weighted by atomic mass is 10.2. The molecule has 0 radical (unpaired) electrons. The second kappa shape index (κ2) is 2.69. The van der Waals surface area contributed by atoms with Crippen LogP contribution in [0.2, 0.25) is 0 Å². The number of ether oxygens (including phenoxy) is 1. The molecule has 6 heteroatoms. The fourth-order valence-electron chi connectivity index (χ4n) is 0.772. The highest BCUT2D eigenvalue weighted by Gasteiger charge is 2.56. The maximum Gasteiger partial charge on any atom is 0.358 e. The number of hydrogen-bond donors (Lipinski definition) is 2. The van der Waals surface area contributed by atoms with Crippen molar-refractivity contribution in [1.82, 2.24) is 0 Å². The zero-order valence-corrected chi connectivity index (χ0v) is 6.91. The van der Waals surface area contributed by atoms with Crippen LogP contribution in [0.15, 0.2) is 0 Å². The number of rotatable bonds is 1. The van der Waals surface area contributed by atoms with Crippen molar-refractivity contribution in [2.45, 2.75) is 16.8 Å². The van der Waals surface area contributed by atoms with Crippen LogP contribution in [0.5, 0.6) is 0 Å². The van der Waals surface area contributed by atoms with Gasteiger partial charge in [0, 0.05) is 0 Å². The van der Waals surface area contributed by atoms with E-state index in [0.29, 0.717) is 0 Å². The van der Waals surface area contributed by atoms with Crippen LogP contribution in [0.3, 0.4) is 0 Å². The van der Waals surface area contributed by atoms with Gasteiger partial charge in [-0.25, -0.2) is 9.18 Å². The molecular formula is C5H6BrFO4. The summed E-state index contributed by atoms with van der Waals surface area (Å²) in [6.45, 7) is -0.593. The number of esters is 1. The highest BCUT2D eigenvalue weighted by atomic mass is 79.9. The Kier molecular flexibility index (Phi) is 2.17. The van der Waals surface area contributed by atoms with Crippen molar-refractivity contribution in [3.63, 3.8) is 0 Å². The Bertz CT molecular complexity index is 183. The van der Waals surface area contributed by atoms with Gasteiger partial charge in [-0.05, 0) is 15.9 Å². The molecule has 1 heterocycles. The molecular weight excluding hydrogens is 223 g/mol. The third-order valence-corrected chi connectivity index (χ3v) is 2.23. The average Bonchev–Trinajstić information content (AvgIpc) is 2.14. The lowest BCUT2D eigenvalue weighted by Gasteiger charge is -2.12. The van der Waals surface area contributed by atoms with Crippen LogP contribution in [0, 0.1) is 0 Å². The largest absolute Gasteiger partial charge is 0.454 e. The summed E-state index contributed by atoms with van der Waals surface area (Å²) in [6, 6.07) is 0. The second-order valence-corrected chi connectivity index (χ2v) is 3.35. The Morgan fingerprint density at radius 3 is 2.55 bits per heavy atom. The molecule has 64 valence electrons. The number of halogens is 2. The van der Waals surface area contributed by atoms with Gasteiger partial charge in [-0.2, -0.15) is 0 Å². The number of carbonyl (C=O) groups is 1. The molecule has 1 rings (SSSR count). The molecule has 0 amide bonds. The first kappa shape index (κ1) is 8.89. The Hall–Kier alpha value is -0.200. The molecule has 0 bridgehead atoms. The summed E-state index contributed by atoms with van der Waals surface area (Å²) in [7, 11) is 0. The van der Waals surface area contributed by atoms with Crippen molar-refractivity contribution in [1.29, 1.82) is 0 Å². The predicted molar refractivity (Wildman–Crippen MR) is 35.7 cm³/mol. The molecule has 0 aromatic carbocycles. The van der Waals surface area contributed by atoms with E-state index >= 15 is 0 Å². The fourth-order valence-corrected chi connectivity index (χ4v) is 1.16. The van der Waals surface area contributed by atoms with Crippen molar-refractivity contribution in [2.75, 3.05) is 6.61 Å². The van der Waals surface area contributed by atoms with Crippen LogP contribution >= 0.6 is 15.9 Å². The lowest BCUT2D eigenvalue weighted by molar-refractivity contribution is -0.147. The van der Waals surface area contributed by atoms with Gasteiger partial charge < -0.3 is 14.9 Å². The van der Waals surface area contributed by atoms with Gasteiger partial charge in [0.25, 0.3) is 4.58 Å². The first-order valence-electron chi connectivity index (χ1n) is 2.88. The van der Waals surface area contributed by atoms with Crippen molar-refractivity contribution in [3.8, 4) is 0 Å². The molecule has 1 aliphatic rings. The molecule has 0 unspecified atom stereocenters. The second-order valence-electron chi connectivity index (χ2n) is 2.19. The van der Waals surface area contributed by atoms with Crippen LogP contribution in [-0.4, -0.2) is 39.6 Å². The third kappa shape index (κ3) is 1.25. The van der Waals surface area contributed by atoms with Gasteiger partial charge in [-0.15, -0.1) is 0 Å². The summed E-state index contributed by atoms with van der Waals surface area (Å²) in [5, 5.41) is 17.4. The van der Waals surface area contributed by atoms with E-state index in [1.807, 2.05) is 0 Å². The van der Waals surface area contributed by atoms with Crippen LogP contribution < -0.4 is 0 Å². The van der Waals surface area contributed by atoms with E-state index in [0.717, 1.165) is 0 Å². The SMILES string of the molecule is O=C1O[C@H](CO)[C@@H](O)[C@]1(F)Br. The molecule has 0 aromatic rings. The van der Waals surface area contributed by atoms with Gasteiger partial charge in [0.2, 0.25) is 0 Å². The summed E-state index contributed by atoms with van der Waals surface area (Å²) < 4.78 is 14.6. The topological polar surface area (TPSA) is 66.8 Å². The molecule has 4 nitrogen and oxygen atoms in total. The first-order valence-corrected chi connectivity index (χ1v) is 3.67. The summed E-state index contributed by atoms with van der Waals surface area (Å²) in [4.78, 5) is 10.6. The Labute approximate surface area is 70.1 Å². The van der Waals surface area contributed by atoms with Gasteiger partial charge in [-0.3, -0.25) is 0 Å². The number of aliphatic hydroxyl groups is 2. The standard InChI is InChI=1S/C5H6BrFO4/c6-5(7)3(9)2(1-8)11-4(5)10/h2-3,8-9H,1H2/t2-,3-,5-/m1/s1. The predicted octanol–water partition coefficient (Wildman–Crippen LogP) is -0.674. The molecule has 1 saturated heterocycles. The highest BCUT2D eigenvalue weighted by Crippen LogP contribution is 2.35. The van der Waals surface area contributed by atoms with E-state index < -0.39 is 29.4 Å². The molecule has 1 fully saturated rings. The number of carbonyl (C=O) groups excluding carboxylic acids is 1. The molecule has 0 saturated carbocycles. The van der Waals surface area contributed by atoms with E-state index in [1.165, 1.54) is 0 Å². The van der Waals surface area contributed by atoms with E-state index in [2.05, 4.69) is 20.7 Å². The minimum absolute atomic E-state index is 0.593. The molecule has 0 aliphatic carbocycles. The minimum atomic E-state index is -2.57. The summed E-state index contributed by atoms with van der Waals surface area (Å²) in [5.41, 5.74) is 0. The maximum absolute atomic E-state index is 12.9. The van der Waals surface area contributed by atoms with Crippen molar-refractivity contribution < 1.29 is 24.1 Å². The van der Waals surface area contributed by atoms with Gasteiger partial charge in [-0.1, -0.05) is 0 Å². The molecule has 11 heavy (non-hydrogen) atoms. The van der Waals surface area contributed by atoms with Gasteiger partial charge in [0.05, 0.1) is 6.61 Å². The molecule has 1 aliphatic heterocycles. The third-order valence-electron chi connectivity index (χ3n) is 1.43. The first-order chi connectivity index (χ1) is 5.00. The van der Waals surface area contributed by atoms with Crippen LogP contribution in [0.4, 0.5) is 4.39 Å². The maximum atomic E-state index is 12.9. The van der Waals surface area contributed by atoms with E-state index in [9.17, 15) is 9.18 Å². The quantitative estimate of drug-likeness (QED) is 0.462. The Balaban J connectivity index is 2.80. The van der Waals surface area contributed by atoms with Gasteiger partial charge >= 0.3 is 5.97 Å². The Morgan fingerprint density at radius 1 is 1.82 bits per heavy atom.